The Morgan fingerprint density at radius 3 is 2.38 bits per heavy atom. The van der Waals surface area contributed by atoms with E-state index in [1.165, 1.54) is 23.5 Å². The molecule has 0 bridgehead atoms. The highest BCUT2D eigenvalue weighted by molar-refractivity contribution is 9.10. The Morgan fingerprint density at radius 2 is 1.62 bits per heavy atom. The zero-order valence-corrected chi connectivity index (χ0v) is 14.8. The third kappa shape index (κ3) is 2.90. The molecule has 24 heavy (non-hydrogen) atoms. The lowest BCUT2D eigenvalue weighted by Gasteiger charge is -2.04. The molecule has 2 heterocycles. The van der Waals surface area contributed by atoms with Crippen LogP contribution in [-0.2, 0) is 0 Å². The number of rotatable bonds is 3. The van der Waals surface area contributed by atoms with Gasteiger partial charge in [0, 0.05) is 21.0 Å². The second-order valence-electron chi connectivity index (χ2n) is 5.16. The first kappa shape index (κ1) is 15.2. The van der Waals surface area contributed by atoms with Gasteiger partial charge >= 0.3 is 0 Å². The summed E-state index contributed by atoms with van der Waals surface area (Å²) in [6.45, 7) is 0. The molecule has 4 aromatic rings. The minimum atomic E-state index is -0.253. The van der Waals surface area contributed by atoms with Gasteiger partial charge in [0.2, 0.25) is 5.13 Å². The summed E-state index contributed by atoms with van der Waals surface area (Å²) < 4.78 is 15.9. The maximum atomic E-state index is 13.1. The molecule has 0 unspecified atom stereocenters. The van der Waals surface area contributed by atoms with Gasteiger partial charge in [-0.25, -0.2) is 14.1 Å². The third-order valence-corrected chi connectivity index (χ3v) is 4.94. The summed E-state index contributed by atoms with van der Waals surface area (Å²) in [7, 11) is 0. The number of hydrogen-bond acceptors (Lipinski definition) is 3. The van der Waals surface area contributed by atoms with Crippen molar-refractivity contribution >= 4 is 27.3 Å². The molecule has 2 aromatic heterocycles. The van der Waals surface area contributed by atoms with E-state index in [0.717, 1.165) is 32.1 Å². The van der Waals surface area contributed by atoms with Gasteiger partial charge in [-0.1, -0.05) is 28.1 Å². The molecular formula is C18H11BrFN3S. The highest BCUT2D eigenvalue weighted by Crippen LogP contribution is 2.28. The van der Waals surface area contributed by atoms with Crippen LogP contribution in [0, 0.1) is 5.82 Å². The molecule has 0 aliphatic heterocycles. The minimum Gasteiger partial charge on any atom is -0.218 e. The summed E-state index contributed by atoms with van der Waals surface area (Å²) in [5.41, 5.74) is 3.74. The number of benzene rings is 2. The summed E-state index contributed by atoms with van der Waals surface area (Å²) >= 11 is 4.96. The molecule has 6 heteroatoms. The summed E-state index contributed by atoms with van der Waals surface area (Å²) in [5, 5.41) is 7.15. The van der Waals surface area contributed by atoms with Gasteiger partial charge in [0.05, 0.1) is 17.6 Å². The van der Waals surface area contributed by atoms with Crippen molar-refractivity contribution < 1.29 is 4.39 Å². The number of hydrogen-bond donors (Lipinski definition) is 0. The Morgan fingerprint density at radius 1 is 0.917 bits per heavy atom. The normalized spacial score (nSPS) is 10.9. The first-order valence-electron chi connectivity index (χ1n) is 7.22. The maximum Gasteiger partial charge on any atom is 0.211 e. The lowest BCUT2D eigenvalue weighted by Crippen LogP contribution is -1.98. The van der Waals surface area contributed by atoms with Gasteiger partial charge in [-0.3, -0.25) is 0 Å². The zero-order valence-electron chi connectivity index (χ0n) is 12.4. The summed E-state index contributed by atoms with van der Waals surface area (Å²) in [6.07, 6.45) is 1.72. The molecule has 2 aromatic carbocycles. The molecule has 3 nitrogen and oxygen atoms in total. The van der Waals surface area contributed by atoms with Crippen molar-refractivity contribution in [1.29, 1.82) is 0 Å². The zero-order chi connectivity index (χ0) is 16.5. The Balaban J connectivity index is 1.72. The fourth-order valence-corrected chi connectivity index (χ4v) is 3.48. The predicted molar refractivity (Wildman–Crippen MR) is 97.8 cm³/mol. The Labute approximate surface area is 150 Å². The van der Waals surface area contributed by atoms with E-state index in [4.69, 9.17) is 0 Å². The van der Waals surface area contributed by atoms with E-state index < -0.39 is 0 Å². The van der Waals surface area contributed by atoms with Crippen LogP contribution in [0.4, 0.5) is 4.39 Å². The number of nitrogens with zero attached hydrogens (tertiary/aromatic N) is 3. The fraction of sp³-hybridized carbons (Fsp3) is 0. The van der Waals surface area contributed by atoms with Crippen LogP contribution in [0.5, 0.6) is 0 Å². The van der Waals surface area contributed by atoms with E-state index in [2.05, 4.69) is 26.0 Å². The monoisotopic (exact) mass is 399 g/mol. The lowest BCUT2D eigenvalue weighted by atomic mass is 10.1. The number of halogens is 2. The van der Waals surface area contributed by atoms with Crippen molar-refractivity contribution in [2.75, 3.05) is 0 Å². The van der Waals surface area contributed by atoms with Gasteiger partial charge in [0.1, 0.15) is 5.82 Å². The highest BCUT2D eigenvalue weighted by atomic mass is 79.9. The summed E-state index contributed by atoms with van der Waals surface area (Å²) in [4.78, 5) is 4.69. The highest BCUT2D eigenvalue weighted by Gasteiger charge is 2.12. The molecule has 0 saturated heterocycles. The molecule has 0 aliphatic rings. The van der Waals surface area contributed by atoms with Gasteiger partial charge in [-0.15, -0.1) is 11.3 Å². The molecule has 0 aliphatic carbocycles. The topological polar surface area (TPSA) is 30.7 Å². The van der Waals surface area contributed by atoms with Gasteiger partial charge in [-0.05, 0) is 42.5 Å². The summed E-state index contributed by atoms with van der Waals surface area (Å²) in [5.74, 6) is -0.253. The van der Waals surface area contributed by atoms with Gasteiger partial charge in [0.25, 0.3) is 0 Å². The Bertz CT molecular complexity index is 974. The van der Waals surface area contributed by atoms with Crippen molar-refractivity contribution in [3.63, 3.8) is 0 Å². The molecule has 0 N–H and O–H groups in total. The van der Waals surface area contributed by atoms with Gasteiger partial charge < -0.3 is 0 Å². The summed E-state index contributed by atoms with van der Waals surface area (Å²) in [6, 6.07) is 16.3. The number of aromatic nitrogens is 3. The molecule has 0 spiro atoms. The number of thiazole rings is 1. The van der Waals surface area contributed by atoms with Crippen LogP contribution in [0.1, 0.15) is 0 Å². The molecule has 0 fully saturated rings. The Kier molecular flexibility index (Phi) is 4.00. The van der Waals surface area contributed by atoms with Crippen LogP contribution in [-0.4, -0.2) is 14.8 Å². The van der Waals surface area contributed by atoms with Gasteiger partial charge in [-0.2, -0.15) is 5.10 Å². The SMILES string of the molecule is Fc1ccc(-c2ccnn2-c2nc(-c3ccc(Br)cc3)cs2)cc1. The molecule has 118 valence electrons. The predicted octanol–water partition coefficient (Wildman–Crippen LogP) is 5.56. The quantitative estimate of drug-likeness (QED) is 0.451. The van der Waals surface area contributed by atoms with Crippen LogP contribution in [0.15, 0.2) is 70.6 Å². The first-order chi connectivity index (χ1) is 11.7. The van der Waals surface area contributed by atoms with Crippen LogP contribution in [0.3, 0.4) is 0 Å². The van der Waals surface area contributed by atoms with E-state index in [1.54, 1.807) is 23.0 Å². The molecular weight excluding hydrogens is 389 g/mol. The van der Waals surface area contributed by atoms with E-state index in [0.29, 0.717) is 0 Å². The van der Waals surface area contributed by atoms with E-state index in [9.17, 15) is 4.39 Å². The van der Waals surface area contributed by atoms with Crippen molar-refractivity contribution in [3.8, 4) is 27.6 Å². The van der Waals surface area contributed by atoms with E-state index in [-0.39, 0.29) is 5.82 Å². The average molecular weight is 400 g/mol. The smallest absolute Gasteiger partial charge is 0.211 e. The van der Waals surface area contributed by atoms with Crippen LogP contribution >= 0.6 is 27.3 Å². The van der Waals surface area contributed by atoms with Gasteiger partial charge in [0.15, 0.2) is 0 Å². The van der Waals surface area contributed by atoms with Crippen molar-refractivity contribution in [3.05, 3.63) is 76.5 Å². The molecule has 0 radical (unpaired) electrons. The second-order valence-corrected chi connectivity index (χ2v) is 6.91. The van der Waals surface area contributed by atoms with E-state index >= 15 is 0 Å². The van der Waals surface area contributed by atoms with Crippen LogP contribution < -0.4 is 0 Å². The fourth-order valence-electron chi connectivity index (χ4n) is 2.41. The third-order valence-electron chi connectivity index (χ3n) is 3.60. The first-order valence-corrected chi connectivity index (χ1v) is 8.90. The molecule has 0 atom stereocenters. The molecule has 4 rings (SSSR count). The standard InChI is InChI=1S/C18H11BrFN3S/c19-14-5-1-12(2-6-14)16-11-24-18(22-16)23-17(9-10-21-23)13-3-7-15(20)8-4-13/h1-11H. The van der Waals surface area contributed by atoms with Crippen molar-refractivity contribution in [1.82, 2.24) is 14.8 Å². The lowest BCUT2D eigenvalue weighted by molar-refractivity contribution is 0.628. The largest absolute Gasteiger partial charge is 0.218 e. The molecule has 0 amide bonds. The average Bonchev–Trinajstić information content (AvgIpc) is 3.25. The van der Waals surface area contributed by atoms with Crippen molar-refractivity contribution in [2.24, 2.45) is 0 Å². The van der Waals surface area contributed by atoms with E-state index in [1.807, 2.05) is 35.7 Å². The Hall–Kier alpha value is -2.31. The molecule has 0 saturated carbocycles. The van der Waals surface area contributed by atoms with Crippen LogP contribution in [0.25, 0.3) is 27.6 Å². The van der Waals surface area contributed by atoms with Crippen LogP contribution in [0.2, 0.25) is 0 Å². The van der Waals surface area contributed by atoms with Crippen molar-refractivity contribution in [2.45, 2.75) is 0 Å². The second kappa shape index (κ2) is 6.30. The minimum absolute atomic E-state index is 0.253. The maximum absolute atomic E-state index is 13.1.